The molecule has 0 aliphatic heterocycles. The molecule has 0 aromatic heterocycles. The molecule has 1 aliphatic carbocycles. The molecule has 1 fully saturated rings. The summed E-state index contributed by atoms with van der Waals surface area (Å²) >= 11 is 3.50. The fourth-order valence-corrected chi connectivity index (χ4v) is 2.49. The lowest BCUT2D eigenvalue weighted by atomic mass is 10.3. The van der Waals surface area contributed by atoms with Gasteiger partial charge in [-0.05, 0) is 25.0 Å². The van der Waals surface area contributed by atoms with Crippen LogP contribution in [0.5, 0.6) is 11.5 Å². The summed E-state index contributed by atoms with van der Waals surface area (Å²) in [4.78, 5) is 2.49. The van der Waals surface area contributed by atoms with Crippen LogP contribution in [0.15, 0.2) is 24.3 Å². The number of para-hydroxylation sites is 2. The van der Waals surface area contributed by atoms with E-state index in [1.165, 1.54) is 12.8 Å². The minimum absolute atomic E-state index is 0.712. The van der Waals surface area contributed by atoms with Gasteiger partial charge in [0.2, 0.25) is 0 Å². The van der Waals surface area contributed by atoms with Gasteiger partial charge in [0.25, 0.3) is 0 Å². The van der Waals surface area contributed by atoms with Crippen LogP contribution in [0, 0.1) is 0 Å². The molecule has 1 aliphatic rings. The summed E-state index contributed by atoms with van der Waals surface area (Å²) in [5.41, 5.74) is 0. The second-order valence-electron chi connectivity index (χ2n) is 4.46. The summed E-state index contributed by atoms with van der Waals surface area (Å²) < 4.78 is 11.1. The summed E-state index contributed by atoms with van der Waals surface area (Å²) in [7, 11) is 1.67. The molecule has 0 N–H and O–H groups in total. The van der Waals surface area contributed by atoms with Crippen molar-refractivity contribution in [2.75, 3.05) is 32.1 Å². The molecule has 0 spiro atoms. The van der Waals surface area contributed by atoms with Gasteiger partial charge in [-0.1, -0.05) is 28.1 Å². The zero-order valence-electron chi connectivity index (χ0n) is 10.8. The second-order valence-corrected chi connectivity index (χ2v) is 5.25. The molecule has 1 aromatic carbocycles. The zero-order valence-corrected chi connectivity index (χ0v) is 12.4. The monoisotopic (exact) mass is 313 g/mol. The minimum atomic E-state index is 0.712. The highest BCUT2D eigenvalue weighted by Gasteiger charge is 2.28. The molecule has 0 amide bonds. The van der Waals surface area contributed by atoms with E-state index in [1.54, 1.807) is 7.11 Å². The average Bonchev–Trinajstić information content (AvgIpc) is 3.22. The van der Waals surface area contributed by atoms with Crippen molar-refractivity contribution in [3.05, 3.63) is 24.3 Å². The van der Waals surface area contributed by atoms with Crippen molar-refractivity contribution in [2.24, 2.45) is 0 Å². The van der Waals surface area contributed by atoms with Crippen LogP contribution in [0.2, 0.25) is 0 Å². The van der Waals surface area contributed by atoms with E-state index >= 15 is 0 Å². The van der Waals surface area contributed by atoms with Crippen LogP contribution in [0.4, 0.5) is 0 Å². The maximum atomic E-state index is 5.80. The van der Waals surface area contributed by atoms with Gasteiger partial charge < -0.3 is 9.47 Å². The quantitative estimate of drug-likeness (QED) is 0.689. The third-order valence-corrected chi connectivity index (χ3v) is 3.49. The highest BCUT2D eigenvalue weighted by molar-refractivity contribution is 9.09. The molecule has 18 heavy (non-hydrogen) atoms. The summed E-state index contributed by atoms with van der Waals surface area (Å²) in [5.74, 6) is 1.63. The molecule has 0 radical (unpaired) electrons. The molecule has 0 saturated heterocycles. The molecule has 0 atom stereocenters. The zero-order chi connectivity index (χ0) is 12.8. The SMILES string of the molecule is COc1ccccc1OCCN(CCBr)C1CC1. The topological polar surface area (TPSA) is 21.7 Å². The van der Waals surface area contributed by atoms with Crippen molar-refractivity contribution in [1.29, 1.82) is 0 Å². The van der Waals surface area contributed by atoms with Gasteiger partial charge in [-0.3, -0.25) is 4.90 Å². The molecule has 1 saturated carbocycles. The van der Waals surface area contributed by atoms with Gasteiger partial charge in [0, 0.05) is 24.5 Å². The molecule has 100 valence electrons. The van der Waals surface area contributed by atoms with Crippen LogP contribution < -0.4 is 9.47 Å². The number of methoxy groups -OCH3 is 1. The predicted molar refractivity (Wildman–Crippen MR) is 76.9 cm³/mol. The van der Waals surface area contributed by atoms with Gasteiger partial charge in [-0.25, -0.2) is 0 Å². The number of rotatable bonds is 8. The number of nitrogens with zero attached hydrogens (tertiary/aromatic N) is 1. The van der Waals surface area contributed by atoms with Gasteiger partial charge in [0.1, 0.15) is 6.61 Å². The smallest absolute Gasteiger partial charge is 0.161 e. The van der Waals surface area contributed by atoms with Crippen molar-refractivity contribution in [3.63, 3.8) is 0 Å². The lowest BCUT2D eigenvalue weighted by Crippen LogP contribution is -2.32. The van der Waals surface area contributed by atoms with Crippen LogP contribution in [-0.4, -0.2) is 43.1 Å². The van der Waals surface area contributed by atoms with Crippen molar-refractivity contribution in [1.82, 2.24) is 4.90 Å². The largest absolute Gasteiger partial charge is 0.493 e. The van der Waals surface area contributed by atoms with E-state index in [2.05, 4.69) is 20.8 Å². The molecule has 1 aromatic rings. The maximum Gasteiger partial charge on any atom is 0.161 e. The van der Waals surface area contributed by atoms with E-state index in [9.17, 15) is 0 Å². The Hall–Kier alpha value is -0.740. The summed E-state index contributed by atoms with van der Waals surface area (Å²) in [6.45, 7) is 2.79. The molecule has 4 heteroatoms. The fourth-order valence-electron chi connectivity index (χ4n) is 2.04. The normalized spacial score (nSPS) is 14.8. The highest BCUT2D eigenvalue weighted by Crippen LogP contribution is 2.28. The molecule has 0 bridgehead atoms. The third kappa shape index (κ3) is 3.89. The maximum absolute atomic E-state index is 5.80. The van der Waals surface area contributed by atoms with E-state index in [1.807, 2.05) is 24.3 Å². The van der Waals surface area contributed by atoms with E-state index in [0.29, 0.717) is 6.61 Å². The van der Waals surface area contributed by atoms with Crippen molar-refractivity contribution in [2.45, 2.75) is 18.9 Å². The average molecular weight is 314 g/mol. The standard InChI is InChI=1S/C14H20BrNO2/c1-17-13-4-2-3-5-14(13)18-11-10-16(9-8-15)12-6-7-12/h2-5,12H,6-11H2,1H3. The van der Waals surface area contributed by atoms with Gasteiger partial charge in [0.15, 0.2) is 11.5 Å². The molecular weight excluding hydrogens is 294 g/mol. The van der Waals surface area contributed by atoms with Gasteiger partial charge in [-0.2, -0.15) is 0 Å². The van der Waals surface area contributed by atoms with Crippen molar-refractivity contribution in [3.8, 4) is 11.5 Å². The number of ether oxygens (including phenoxy) is 2. The van der Waals surface area contributed by atoms with Crippen LogP contribution in [0.25, 0.3) is 0 Å². The Balaban J connectivity index is 1.79. The first kappa shape index (κ1) is 13.7. The van der Waals surface area contributed by atoms with E-state index in [-0.39, 0.29) is 0 Å². The Morgan fingerprint density at radius 1 is 1.22 bits per heavy atom. The Labute approximate surface area is 117 Å². The molecular formula is C14H20BrNO2. The van der Waals surface area contributed by atoms with Gasteiger partial charge in [-0.15, -0.1) is 0 Å². The number of alkyl halides is 1. The van der Waals surface area contributed by atoms with Crippen LogP contribution >= 0.6 is 15.9 Å². The van der Waals surface area contributed by atoms with E-state index in [4.69, 9.17) is 9.47 Å². The Bertz CT molecular complexity index is 369. The highest BCUT2D eigenvalue weighted by atomic mass is 79.9. The van der Waals surface area contributed by atoms with Crippen molar-refractivity contribution >= 4 is 15.9 Å². The van der Waals surface area contributed by atoms with Crippen LogP contribution in [-0.2, 0) is 0 Å². The lowest BCUT2D eigenvalue weighted by Gasteiger charge is -2.21. The first-order valence-corrected chi connectivity index (χ1v) is 7.53. The van der Waals surface area contributed by atoms with Gasteiger partial charge in [0.05, 0.1) is 7.11 Å². The number of benzene rings is 1. The molecule has 3 nitrogen and oxygen atoms in total. The number of hydrogen-bond acceptors (Lipinski definition) is 3. The first-order chi connectivity index (χ1) is 8.85. The summed E-state index contributed by atoms with van der Waals surface area (Å²) in [6.07, 6.45) is 2.67. The van der Waals surface area contributed by atoms with Crippen LogP contribution in [0.1, 0.15) is 12.8 Å². The molecule has 0 unspecified atom stereocenters. The van der Waals surface area contributed by atoms with E-state index < -0.39 is 0 Å². The van der Waals surface area contributed by atoms with Crippen LogP contribution in [0.3, 0.4) is 0 Å². The Morgan fingerprint density at radius 3 is 2.56 bits per heavy atom. The number of hydrogen-bond donors (Lipinski definition) is 0. The summed E-state index contributed by atoms with van der Waals surface area (Å²) in [5, 5.41) is 1.03. The molecule has 0 heterocycles. The number of halogens is 1. The lowest BCUT2D eigenvalue weighted by molar-refractivity contribution is 0.206. The summed E-state index contributed by atoms with van der Waals surface area (Å²) in [6, 6.07) is 8.57. The molecule has 2 rings (SSSR count). The third-order valence-electron chi connectivity index (χ3n) is 3.14. The predicted octanol–water partition coefficient (Wildman–Crippen LogP) is 2.93. The van der Waals surface area contributed by atoms with Gasteiger partial charge >= 0.3 is 0 Å². The minimum Gasteiger partial charge on any atom is -0.493 e. The Morgan fingerprint density at radius 2 is 1.94 bits per heavy atom. The second kappa shape index (κ2) is 7.00. The van der Waals surface area contributed by atoms with E-state index in [0.717, 1.165) is 36.0 Å². The van der Waals surface area contributed by atoms with Crippen molar-refractivity contribution < 1.29 is 9.47 Å². The Kier molecular flexibility index (Phi) is 5.32. The first-order valence-electron chi connectivity index (χ1n) is 6.41. The fraction of sp³-hybridized carbons (Fsp3) is 0.571.